The second-order valence-corrected chi connectivity index (χ2v) is 8.53. The molecule has 1 N–H and O–H groups in total. The molecule has 8 heteroatoms. The summed E-state index contributed by atoms with van der Waals surface area (Å²) in [6, 6.07) is 13.9. The number of amides is 1. The number of hydrogen-bond donors (Lipinski definition) is 1. The van der Waals surface area contributed by atoms with Crippen LogP contribution in [-0.2, 0) is 13.0 Å². The Hall–Kier alpha value is -3.78. The topological polar surface area (TPSA) is 87.4 Å². The van der Waals surface area contributed by atoms with E-state index in [0.29, 0.717) is 18.1 Å². The Bertz CT molecular complexity index is 1250. The average Bonchev–Trinajstić information content (AvgIpc) is 3.33. The summed E-state index contributed by atoms with van der Waals surface area (Å²) in [5, 5.41) is 3.82. The fourth-order valence-corrected chi connectivity index (χ4v) is 4.22. The minimum Gasteiger partial charge on any atom is -0.449 e. The van der Waals surface area contributed by atoms with E-state index < -0.39 is 0 Å². The second-order valence-electron chi connectivity index (χ2n) is 8.53. The molecular weight excluding hydrogens is 428 g/mol. The lowest BCUT2D eigenvalue weighted by atomic mass is 10.2. The first-order valence-electron chi connectivity index (χ1n) is 11.6. The Morgan fingerprint density at radius 2 is 1.85 bits per heavy atom. The molecule has 1 saturated heterocycles. The number of pyridine rings is 1. The van der Waals surface area contributed by atoms with E-state index in [2.05, 4.69) is 42.2 Å². The van der Waals surface area contributed by atoms with Crippen LogP contribution in [0.5, 0.6) is 0 Å². The summed E-state index contributed by atoms with van der Waals surface area (Å²) in [6.07, 6.45) is 6.25. The number of piperazine rings is 1. The third kappa shape index (κ3) is 5.07. The Kier molecular flexibility index (Phi) is 6.49. The van der Waals surface area contributed by atoms with Gasteiger partial charge in [0.1, 0.15) is 5.82 Å². The van der Waals surface area contributed by atoms with Gasteiger partial charge in [0.15, 0.2) is 11.3 Å². The lowest BCUT2D eigenvalue weighted by Crippen LogP contribution is -2.47. The van der Waals surface area contributed by atoms with E-state index in [1.54, 1.807) is 12.4 Å². The highest BCUT2D eigenvalue weighted by Crippen LogP contribution is 2.30. The van der Waals surface area contributed by atoms with Gasteiger partial charge in [0.05, 0.1) is 5.69 Å². The average molecular weight is 457 g/mol. The van der Waals surface area contributed by atoms with Crippen molar-refractivity contribution in [2.45, 2.75) is 19.9 Å². The molecule has 4 heterocycles. The van der Waals surface area contributed by atoms with Crippen LogP contribution in [-0.4, -0.2) is 58.5 Å². The lowest BCUT2D eigenvalue weighted by Gasteiger charge is -2.36. The van der Waals surface area contributed by atoms with Crippen LogP contribution in [0.4, 0.5) is 5.69 Å². The van der Waals surface area contributed by atoms with Crippen molar-refractivity contribution >= 4 is 22.6 Å². The number of aromatic nitrogens is 3. The quantitative estimate of drug-likeness (QED) is 0.457. The third-order valence-electron chi connectivity index (χ3n) is 6.16. The molecule has 1 aliphatic rings. The van der Waals surface area contributed by atoms with Gasteiger partial charge in [0.25, 0.3) is 5.91 Å². The standard InChI is InChI=1S/C26H28N6O2/c1-19-28-16-20(17-29-19)18-30-26(33)24-15-21-5-4-7-23(25(21)34-24)32-13-11-31(12-14-32)10-8-22-6-2-3-9-27-22/h2-7,9,15-17H,8,10-14,18H2,1H3,(H,30,33). The fraction of sp³-hybridized carbons (Fsp3) is 0.308. The molecule has 0 saturated carbocycles. The summed E-state index contributed by atoms with van der Waals surface area (Å²) in [6.45, 7) is 6.98. The molecule has 0 atom stereocenters. The van der Waals surface area contributed by atoms with E-state index in [-0.39, 0.29) is 5.91 Å². The zero-order valence-corrected chi connectivity index (χ0v) is 19.3. The van der Waals surface area contributed by atoms with Gasteiger partial charge in [-0.1, -0.05) is 18.2 Å². The number of aryl methyl sites for hydroxylation is 1. The van der Waals surface area contributed by atoms with E-state index >= 15 is 0 Å². The van der Waals surface area contributed by atoms with Gasteiger partial charge in [0, 0.05) is 80.9 Å². The normalized spacial score (nSPS) is 14.4. The summed E-state index contributed by atoms with van der Waals surface area (Å²) < 4.78 is 6.05. The largest absolute Gasteiger partial charge is 0.449 e. The molecule has 4 aromatic rings. The van der Waals surface area contributed by atoms with E-state index in [0.717, 1.165) is 67.1 Å². The van der Waals surface area contributed by atoms with Gasteiger partial charge in [-0.3, -0.25) is 14.7 Å². The highest BCUT2D eigenvalue weighted by molar-refractivity contribution is 5.99. The van der Waals surface area contributed by atoms with Crippen LogP contribution in [0, 0.1) is 6.92 Å². The molecule has 0 aliphatic carbocycles. The van der Waals surface area contributed by atoms with Crippen molar-refractivity contribution < 1.29 is 9.21 Å². The summed E-state index contributed by atoms with van der Waals surface area (Å²) in [7, 11) is 0. The number of furan rings is 1. The van der Waals surface area contributed by atoms with Crippen LogP contribution in [0.2, 0.25) is 0 Å². The number of fused-ring (bicyclic) bond motifs is 1. The van der Waals surface area contributed by atoms with Crippen LogP contribution in [0.1, 0.15) is 27.6 Å². The summed E-state index contributed by atoms with van der Waals surface area (Å²) >= 11 is 0. The first-order valence-corrected chi connectivity index (χ1v) is 11.6. The van der Waals surface area contributed by atoms with Gasteiger partial charge in [-0.25, -0.2) is 9.97 Å². The number of rotatable bonds is 7. The molecule has 1 fully saturated rings. The number of benzene rings is 1. The number of nitrogens with one attached hydrogen (secondary N) is 1. The first-order chi connectivity index (χ1) is 16.7. The fourth-order valence-electron chi connectivity index (χ4n) is 4.22. The predicted octanol–water partition coefficient (Wildman–Crippen LogP) is 3.22. The lowest BCUT2D eigenvalue weighted by molar-refractivity contribution is 0.0925. The van der Waals surface area contributed by atoms with Crippen molar-refractivity contribution in [3.63, 3.8) is 0 Å². The number of anilines is 1. The number of carbonyl (C=O) groups is 1. The van der Waals surface area contributed by atoms with Gasteiger partial charge in [-0.15, -0.1) is 0 Å². The van der Waals surface area contributed by atoms with Crippen LogP contribution >= 0.6 is 0 Å². The number of carbonyl (C=O) groups excluding carboxylic acids is 1. The number of hydrogen-bond acceptors (Lipinski definition) is 7. The molecule has 0 spiro atoms. The molecule has 1 aliphatic heterocycles. The Labute approximate surface area is 198 Å². The number of nitrogens with zero attached hydrogens (tertiary/aromatic N) is 5. The zero-order chi connectivity index (χ0) is 23.3. The smallest absolute Gasteiger partial charge is 0.287 e. The van der Waals surface area contributed by atoms with E-state index in [1.165, 1.54) is 0 Å². The molecule has 0 bridgehead atoms. The Morgan fingerprint density at radius 3 is 2.62 bits per heavy atom. The minimum atomic E-state index is -0.248. The molecule has 174 valence electrons. The van der Waals surface area contributed by atoms with Gasteiger partial charge in [0.2, 0.25) is 0 Å². The van der Waals surface area contributed by atoms with Gasteiger partial charge >= 0.3 is 0 Å². The zero-order valence-electron chi connectivity index (χ0n) is 19.3. The van der Waals surface area contributed by atoms with Crippen LogP contribution in [0.3, 0.4) is 0 Å². The van der Waals surface area contributed by atoms with Crippen molar-refractivity contribution in [1.29, 1.82) is 0 Å². The molecule has 1 amide bonds. The maximum Gasteiger partial charge on any atom is 0.287 e. The minimum absolute atomic E-state index is 0.248. The molecule has 0 unspecified atom stereocenters. The van der Waals surface area contributed by atoms with Crippen molar-refractivity contribution in [1.82, 2.24) is 25.2 Å². The SMILES string of the molecule is Cc1ncc(CNC(=O)c2cc3cccc(N4CCN(CCc5ccccn5)CC4)c3o2)cn1. The molecule has 34 heavy (non-hydrogen) atoms. The maximum atomic E-state index is 12.7. The van der Waals surface area contributed by atoms with Gasteiger partial charge < -0.3 is 14.6 Å². The molecule has 0 radical (unpaired) electrons. The molecular formula is C26H28N6O2. The summed E-state index contributed by atoms with van der Waals surface area (Å²) in [5.74, 6) is 0.764. The first kappa shape index (κ1) is 22.0. The van der Waals surface area contributed by atoms with Gasteiger partial charge in [-0.2, -0.15) is 0 Å². The molecule has 3 aromatic heterocycles. The Morgan fingerprint density at radius 1 is 1.03 bits per heavy atom. The van der Waals surface area contributed by atoms with Crippen LogP contribution in [0.25, 0.3) is 11.0 Å². The number of para-hydroxylation sites is 1. The molecule has 8 nitrogen and oxygen atoms in total. The molecule has 1 aromatic carbocycles. The van der Waals surface area contributed by atoms with E-state index in [4.69, 9.17) is 4.42 Å². The maximum absolute atomic E-state index is 12.7. The van der Waals surface area contributed by atoms with Crippen LogP contribution < -0.4 is 10.2 Å². The summed E-state index contributed by atoms with van der Waals surface area (Å²) in [4.78, 5) is 30.3. The Balaban J connectivity index is 1.21. The highest BCUT2D eigenvalue weighted by Gasteiger charge is 2.21. The van der Waals surface area contributed by atoms with Gasteiger partial charge in [-0.05, 0) is 31.2 Å². The summed E-state index contributed by atoms with van der Waals surface area (Å²) in [5.41, 5.74) is 3.77. The van der Waals surface area contributed by atoms with E-state index in [9.17, 15) is 4.79 Å². The predicted molar refractivity (Wildman–Crippen MR) is 131 cm³/mol. The van der Waals surface area contributed by atoms with Crippen LogP contribution in [0.15, 0.2) is 65.5 Å². The second kappa shape index (κ2) is 10.0. The van der Waals surface area contributed by atoms with E-state index in [1.807, 2.05) is 43.5 Å². The third-order valence-corrected chi connectivity index (χ3v) is 6.16. The van der Waals surface area contributed by atoms with Crippen molar-refractivity contribution in [3.05, 3.63) is 83.9 Å². The van der Waals surface area contributed by atoms with Crippen molar-refractivity contribution in [2.24, 2.45) is 0 Å². The molecule has 5 rings (SSSR count). The highest BCUT2D eigenvalue weighted by atomic mass is 16.3. The van der Waals surface area contributed by atoms with Crippen molar-refractivity contribution in [2.75, 3.05) is 37.6 Å². The monoisotopic (exact) mass is 456 g/mol. The van der Waals surface area contributed by atoms with Crippen molar-refractivity contribution in [3.8, 4) is 0 Å².